The molecule has 3 aromatic heterocycles. The van der Waals surface area contributed by atoms with E-state index in [2.05, 4.69) is 330 Å². The summed E-state index contributed by atoms with van der Waals surface area (Å²) in [6.45, 7) is 8.76. The highest BCUT2D eigenvalue weighted by atomic mass is 14.9. The van der Waals surface area contributed by atoms with Gasteiger partial charge in [0.05, 0.1) is 0 Å². The summed E-state index contributed by atoms with van der Waals surface area (Å²) in [6.07, 6.45) is 38.2. The van der Waals surface area contributed by atoms with E-state index in [1.165, 1.54) is 300 Å². The summed E-state index contributed by atoms with van der Waals surface area (Å²) in [5.41, 5.74) is 33.3. The number of hydrogen-bond acceptors (Lipinski definition) is 0. The van der Waals surface area contributed by atoms with Crippen molar-refractivity contribution in [3.63, 3.8) is 0 Å². The second-order valence-corrected chi connectivity index (χ2v) is 34.8. The molecule has 5 aliphatic rings. The van der Waals surface area contributed by atoms with E-state index >= 15 is 0 Å². The molecule has 5 aliphatic carbocycles. The van der Waals surface area contributed by atoms with E-state index in [1.807, 2.05) is 0 Å². The molecule has 3 heterocycles. The van der Waals surface area contributed by atoms with Crippen LogP contribution in [0.1, 0.15) is 235 Å². The van der Waals surface area contributed by atoms with Crippen molar-refractivity contribution in [3.05, 3.63) is 317 Å². The van der Waals surface area contributed by atoms with Crippen molar-refractivity contribution in [2.75, 3.05) is 0 Å². The predicted molar refractivity (Wildman–Crippen MR) is 482 cm³/mol. The normalized spacial score (nSPS) is 16.5. The molecule has 0 radical (unpaired) electrons. The highest BCUT2D eigenvalue weighted by Gasteiger charge is 2.30. The molecular weight excluding hydrogens is 1380 g/mol. The fourth-order valence-electron chi connectivity index (χ4n) is 20.4. The Bertz CT molecular complexity index is 5810. The summed E-state index contributed by atoms with van der Waals surface area (Å²) < 4.78 is 16.4. The number of fused-ring (bicyclic) bond motifs is 3. The van der Waals surface area contributed by atoms with Gasteiger partial charge in [-0.25, -0.2) is 13.7 Å². The van der Waals surface area contributed by atoms with Crippen molar-refractivity contribution in [3.8, 4) is 89.4 Å². The lowest BCUT2D eigenvalue weighted by Crippen LogP contribution is -2.32. The summed E-state index contributed by atoms with van der Waals surface area (Å²) in [4.78, 5) is 0. The van der Waals surface area contributed by atoms with Crippen LogP contribution in [0, 0.1) is 27.7 Å². The Morgan fingerprint density at radius 3 is 0.868 bits per heavy atom. The Morgan fingerprint density at radius 1 is 0.237 bits per heavy atom. The summed E-state index contributed by atoms with van der Waals surface area (Å²) >= 11 is 0. The monoisotopic (exact) mass is 1490 g/mol. The van der Waals surface area contributed by atoms with Crippen LogP contribution in [0.2, 0.25) is 0 Å². The first-order valence-corrected chi connectivity index (χ1v) is 43.8. The zero-order chi connectivity index (χ0) is 78.5. The number of aryl methyl sites for hydroxylation is 7. The van der Waals surface area contributed by atoms with Gasteiger partial charge in [-0.05, 0) is 286 Å². The van der Waals surface area contributed by atoms with Crippen LogP contribution in [0.25, 0.3) is 122 Å². The van der Waals surface area contributed by atoms with Gasteiger partial charge in [0.1, 0.15) is 21.1 Å². The molecule has 574 valence electrons. The highest BCUT2D eigenvalue weighted by molar-refractivity contribution is 5.94. The van der Waals surface area contributed by atoms with E-state index < -0.39 is 5.89 Å². The van der Waals surface area contributed by atoms with Crippen LogP contribution >= 0.6 is 0 Å². The van der Waals surface area contributed by atoms with E-state index in [1.54, 1.807) is 0 Å². The molecule has 11 aromatic carbocycles. The Morgan fingerprint density at radius 2 is 0.509 bits per heavy atom. The topological polar surface area (TPSA) is 11.6 Å². The molecule has 0 atom stereocenters. The van der Waals surface area contributed by atoms with Gasteiger partial charge >= 0.3 is 0 Å². The van der Waals surface area contributed by atoms with Gasteiger partial charge in [0, 0.05) is 53.0 Å². The first-order chi connectivity index (χ1) is 56.2. The number of benzene rings is 11. The largest absolute Gasteiger partial charge is 0.213 e. The van der Waals surface area contributed by atoms with E-state index in [0.717, 1.165) is 37.5 Å². The molecule has 0 unspecified atom stereocenters. The Balaban J connectivity index is 0.000000126. The maximum atomic E-state index is 9.44. The summed E-state index contributed by atoms with van der Waals surface area (Å²) in [6, 6.07) is 94.0. The molecular formula is C111H118N3+3. The number of rotatable bonds is 13. The first-order valence-electron chi connectivity index (χ1n) is 44.3. The van der Waals surface area contributed by atoms with Crippen molar-refractivity contribution in [1.29, 1.82) is 0 Å². The van der Waals surface area contributed by atoms with Crippen molar-refractivity contribution >= 4 is 32.3 Å². The Hall–Kier alpha value is -10.4. The minimum atomic E-state index is -0.516. The minimum absolute atomic E-state index is 0.516. The zero-order valence-corrected chi connectivity index (χ0v) is 69.0. The van der Waals surface area contributed by atoms with E-state index in [-0.39, 0.29) is 0 Å². The third kappa shape index (κ3) is 16.8. The highest BCUT2D eigenvalue weighted by Crippen LogP contribution is 2.46. The van der Waals surface area contributed by atoms with Crippen LogP contribution < -0.4 is 13.7 Å². The van der Waals surface area contributed by atoms with E-state index in [9.17, 15) is 1.37 Å². The lowest BCUT2D eigenvalue weighted by molar-refractivity contribution is -0.660. The van der Waals surface area contributed by atoms with Gasteiger partial charge < -0.3 is 0 Å². The van der Waals surface area contributed by atoms with Crippen LogP contribution in [-0.4, -0.2) is 0 Å². The lowest BCUT2D eigenvalue weighted by Gasteiger charge is -2.24. The third-order valence-electron chi connectivity index (χ3n) is 27.1. The Kier molecular flexibility index (Phi) is 22.9. The molecule has 5 fully saturated rings. The van der Waals surface area contributed by atoms with Crippen LogP contribution in [-0.2, 0) is 21.1 Å². The molecule has 3 heteroatoms. The summed E-state index contributed by atoms with van der Waals surface area (Å²) in [5, 5.41) is 7.78. The van der Waals surface area contributed by atoms with Gasteiger partial charge in [-0.3, -0.25) is 0 Å². The van der Waals surface area contributed by atoms with Crippen molar-refractivity contribution in [2.45, 2.75) is 211 Å². The van der Waals surface area contributed by atoms with Crippen LogP contribution in [0.15, 0.2) is 267 Å². The number of hydrogen-bond donors (Lipinski definition) is 0. The molecule has 0 saturated heterocycles. The number of nitrogens with zero attached hydrogens (tertiary/aromatic N) is 3. The molecule has 3 nitrogen and oxygen atoms in total. The van der Waals surface area contributed by atoms with Crippen molar-refractivity contribution in [1.82, 2.24) is 0 Å². The van der Waals surface area contributed by atoms with Gasteiger partial charge in [0.25, 0.3) is 0 Å². The van der Waals surface area contributed by atoms with Gasteiger partial charge in [0.2, 0.25) is 17.1 Å². The van der Waals surface area contributed by atoms with Gasteiger partial charge in [-0.1, -0.05) is 277 Å². The fraction of sp³-hybridized carbons (Fsp3) is 0.324. The standard InChI is InChI=1S/C41H44N.C40H42N.C30H32N/c1-29-11-9-10-16-38(29)41-27-39(40(28-42(41)2)33-14-7-4-8-15-33)37-24-23-35-25-34(21-22-36(35)26-37)32-19-17-31(18-20-32)30-12-5-3-6-13-30;1-28-10-6-9-15-37(28)40-26-38(39(27-41(40)2)32-13-4-3-5-14-32)36-23-22-34-24-33(20-21-35(34)25-36)31-18-16-30(17-19-31)29-11-7-8-12-29;1-21-13-14-25-18-26(16-15-24(25)17-21)28-19-30(27-12-8-7-9-22(27)2)31(3)20-29(28)23-10-5-4-6-11-23/h9-11,16-28,30,33H,3-8,12-15H2,1-2H3;6,9-10,15-27,29,32H,3-5,7-8,11-14H2,1-2H3;7-9,12-20,23H,4-6,10-11H2,1-3H3/q3*+1/i;;23D. The van der Waals surface area contributed by atoms with Crippen molar-refractivity contribution in [2.24, 2.45) is 21.1 Å². The third-order valence-corrected chi connectivity index (χ3v) is 27.1. The van der Waals surface area contributed by atoms with Gasteiger partial charge in [-0.15, -0.1) is 0 Å². The van der Waals surface area contributed by atoms with E-state index in [0.29, 0.717) is 11.8 Å². The van der Waals surface area contributed by atoms with Crippen LogP contribution in [0.4, 0.5) is 0 Å². The number of pyridine rings is 3. The number of aromatic nitrogens is 3. The molecule has 0 spiro atoms. The fourth-order valence-corrected chi connectivity index (χ4v) is 20.4. The summed E-state index contributed by atoms with van der Waals surface area (Å²) in [7, 11) is 6.58. The second kappa shape index (κ2) is 34.8. The second-order valence-electron chi connectivity index (χ2n) is 34.8. The van der Waals surface area contributed by atoms with Crippen LogP contribution in [0.3, 0.4) is 0 Å². The molecule has 0 aliphatic heterocycles. The molecule has 0 bridgehead atoms. The quantitative estimate of drug-likeness (QED) is 0.102. The zero-order valence-electron chi connectivity index (χ0n) is 70.0. The maximum absolute atomic E-state index is 9.44. The molecule has 114 heavy (non-hydrogen) atoms. The molecule has 5 saturated carbocycles. The average Bonchev–Trinajstić information content (AvgIpc) is 1.00. The molecule has 19 rings (SSSR count). The maximum Gasteiger partial charge on any atom is 0.213 e. The lowest BCUT2D eigenvalue weighted by atomic mass is 9.81. The Labute approximate surface area is 682 Å². The SMILES string of the molecule is Cc1ccccc1-c1cc(-c2ccc3cc(-c4ccc(C5CCCC5)cc4)ccc3c2)c(C2CCCCC2)c[n+]1C.Cc1ccccc1-c1cc(-c2ccc3cc(-c4ccc(C5CCCCC5)cc4)ccc3c2)c(C2CCCCC2)c[n+]1C.[2H]C1(c2c[n+](C)c(-c3ccccc3C)cc2-c2ccc3cc(C)ccc3c2)CCCCC1. The summed E-state index contributed by atoms with van der Waals surface area (Å²) in [5.74, 6) is 2.29. The van der Waals surface area contributed by atoms with E-state index in [4.69, 9.17) is 0 Å². The predicted octanol–water partition coefficient (Wildman–Crippen LogP) is 29.4. The smallest absolute Gasteiger partial charge is 0.201 e. The minimum Gasteiger partial charge on any atom is -0.201 e. The molecule has 0 amide bonds. The average molecular weight is 1500 g/mol. The van der Waals surface area contributed by atoms with Crippen molar-refractivity contribution < 1.29 is 15.1 Å². The van der Waals surface area contributed by atoms with Gasteiger partial charge in [0.15, 0.2) is 18.6 Å². The molecule has 0 N–H and O–H groups in total. The van der Waals surface area contributed by atoms with Crippen LogP contribution in [0.5, 0.6) is 0 Å². The first kappa shape index (κ1) is 75.0. The molecule has 14 aromatic rings. The van der Waals surface area contributed by atoms with Gasteiger partial charge in [-0.2, -0.15) is 0 Å².